The summed E-state index contributed by atoms with van der Waals surface area (Å²) in [6.07, 6.45) is 0.150. The average molecular weight is 274 g/mol. The first kappa shape index (κ1) is 13.9. The average Bonchev–Trinajstić information content (AvgIpc) is 2.44. The summed E-state index contributed by atoms with van der Waals surface area (Å²) >= 11 is 0. The molecule has 0 saturated carbocycles. The fourth-order valence-electron chi connectivity index (χ4n) is 1.75. The van der Waals surface area contributed by atoms with Crippen LogP contribution < -0.4 is 15.8 Å². The molecule has 1 amide bonds. The summed E-state index contributed by atoms with van der Waals surface area (Å²) in [4.78, 5) is 11.9. The quantitative estimate of drug-likeness (QED) is 0.842. The Bertz CT molecular complexity index is 612. The molecule has 0 atom stereocenters. The van der Waals surface area contributed by atoms with Crippen LogP contribution in [0.3, 0.4) is 0 Å². The minimum Gasteiger partial charge on any atom is -0.497 e. The highest BCUT2D eigenvalue weighted by molar-refractivity contribution is 5.95. The van der Waals surface area contributed by atoms with Gasteiger partial charge in [0.2, 0.25) is 5.91 Å². The standard InChI is InChI=1S/C15H15FN2O2/c1-20-12-6-7-13(17)14(9-12)18-15(19)8-10-2-4-11(16)5-3-10/h2-7,9H,8,17H2,1H3,(H,18,19). The predicted molar refractivity (Wildman–Crippen MR) is 76.1 cm³/mol. The van der Waals surface area contributed by atoms with Gasteiger partial charge in [0.25, 0.3) is 0 Å². The number of rotatable bonds is 4. The maximum Gasteiger partial charge on any atom is 0.228 e. The largest absolute Gasteiger partial charge is 0.497 e. The van der Waals surface area contributed by atoms with E-state index in [1.54, 1.807) is 30.3 Å². The van der Waals surface area contributed by atoms with Gasteiger partial charge in [-0.25, -0.2) is 4.39 Å². The number of nitrogens with two attached hydrogens (primary N) is 1. The second kappa shape index (κ2) is 6.06. The fourth-order valence-corrected chi connectivity index (χ4v) is 1.75. The summed E-state index contributed by atoms with van der Waals surface area (Å²) in [5, 5.41) is 2.71. The molecule has 0 aliphatic heterocycles. The Morgan fingerprint density at radius 2 is 1.95 bits per heavy atom. The van der Waals surface area contributed by atoms with Gasteiger partial charge >= 0.3 is 0 Å². The molecule has 0 aliphatic carbocycles. The van der Waals surface area contributed by atoms with Crippen LogP contribution in [0.4, 0.5) is 15.8 Å². The van der Waals surface area contributed by atoms with E-state index in [1.165, 1.54) is 19.2 Å². The molecule has 0 heterocycles. The van der Waals surface area contributed by atoms with Gasteiger partial charge < -0.3 is 15.8 Å². The summed E-state index contributed by atoms with van der Waals surface area (Å²) in [6, 6.07) is 10.8. The van der Waals surface area contributed by atoms with Crippen LogP contribution in [0.5, 0.6) is 5.75 Å². The van der Waals surface area contributed by atoms with E-state index >= 15 is 0 Å². The van der Waals surface area contributed by atoms with Crippen molar-refractivity contribution < 1.29 is 13.9 Å². The van der Waals surface area contributed by atoms with Gasteiger partial charge in [-0.15, -0.1) is 0 Å². The predicted octanol–water partition coefficient (Wildman–Crippen LogP) is 2.60. The number of nitrogens with one attached hydrogen (secondary N) is 1. The maximum absolute atomic E-state index is 12.8. The summed E-state index contributed by atoms with van der Waals surface area (Å²) in [6.45, 7) is 0. The maximum atomic E-state index is 12.8. The zero-order chi connectivity index (χ0) is 14.5. The molecular weight excluding hydrogens is 259 g/mol. The molecule has 0 saturated heterocycles. The number of benzene rings is 2. The van der Waals surface area contributed by atoms with Crippen molar-refractivity contribution in [1.82, 2.24) is 0 Å². The Labute approximate surface area is 116 Å². The summed E-state index contributed by atoms with van der Waals surface area (Å²) in [5.74, 6) is 0.0547. The topological polar surface area (TPSA) is 64.3 Å². The van der Waals surface area contributed by atoms with E-state index in [2.05, 4.69) is 5.32 Å². The molecule has 2 aromatic carbocycles. The minimum absolute atomic E-state index is 0.150. The molecule has 0 aromatic heterocycles. The molecule has 2 rings (SSSR count). The third-order valence-electron chi connectivity index (χ3n) is 2.81. The Morgan fingerprint density at radius 3 is 2.60 bits per heavy atom. The zero-order valence-corrected chi connectivity index (χ0v) is 11.0. The molecule has 2 aromatic rings. The third kappa shape index (κ3) is 3.47. The Morgan fingerprint density at radius 1 is 1.25 bits per heavy atom. The molecule has 0 unspecified atom stereocenters. The number of hydrogen-bond donors (Lipinski definition) is 2. The van der Waals surface area contributed by atoms with Gasteiger partial charge in [-0.2, -0.15) is 0 Å². The van der Waals surface area contributed by atoms with Gasteiger partial charge in [0.1, 0.15) is 11.6 Å². The van der Waals surface area contributed by atoms with E-state index in [4.69, 9.17) is 10.5 Å². The number of halogens is 1. The van der Waals surface area contributed by atoms with Crippen molar-refractivity contribution >= 4 is 17.3 Å². The molecule has 0 aliphatic rings. The van der Waals surface area contributed by atoms with Gasteiger partial charge in [0, 0.05) is 6.07 Å². The van der Waals surface area contributed by atoms with Crippen molar-refractivity contribution in [2.24, 2.45) is 0 Å². The van der Waals surface area contributed by atoms with Crippen molar-refractivity contribution in [3.63, 3.8) is 0 Å². The highest BCUT2D eigenvalue weighted by Gasteiger charge is 2.08. The van der Waals surface area contributed by atoms with E-state index in [9.17, 15) is 9.18 Å². The lowest BCUT2D eigenvalue weighted by Crippen LogP contribution is -2.15. The van der Waals surface area contributed by atoms with Gasteiger partial charge in [-0.1, -0.05) is 12.1 Å². The van der Waals surface area contributed by atoms with Crippen LogP contribution in [0, 0.1) is 5.82 Å². The normalized spacial score (nSPS) is 10.1. The van der Waals surface area contributed by atoms with Gasteiger partial charge in [-0.05, 0) is 29.8 Å². The lowest BCUT2D eigenvalue weighted by molar-refractivity contribution is -0.115. The van der Waals surface area contributed by atoms with Crippen LogP contribution >= 0.6 is 0 Å². The summed E-state index contributed by atoms with van der Waals surface area (Å²) in [5.41, 5.74) is 7.47. The minimum atomic E-state index is -0.328. The number of methoxy groups -OCH3 is 1. The molecule has 0 bridgehead atoms. The highest BCUT2D eigenvalue weighted by atomic mass is 19.1. The lowest BCUT2D eigenvalue weighted by Gasteiger charge is -2.10. The van der Waals surface area contributed by atoms with Gasteiger partial charge in [-0.3, -0.25) is 4.79 Å². The molecule has 4 nitrogen and oxygen atoms in total. The number of nitrogen functional groups attached to an aromatic ring is 1. The van der Waals surface area contributed by atoms with Crippen LogP contribution in [0.15, 0.2) is 42.5 Å². The number of carbonyl (C=O) groups is 1. The van der Waals surface area contributed by atoms with E-state index < -0.39 is 0 Å². The smallest absolute Gasteiger partial charge is 0.228 e. The lowest BCUT2D eigenvalue weighted by atomic mass is 10.1. The van der Waals surface area contributed by atoms with E-state index in [1.807, 2.05) is 0 Å². The van der Waals surface area contributed by atoms with E-state index in [0.29, 0.717) is 17.1 Å². The number of amides is 1. The van der Waals surface area contributed by atoms with Crippen molar-refractivity contribution in [1.29, 1.82) is 0 Å². The molecule has 0 radical (unpaired) electrons. The highest BCUT2D eigenvalue weighted by Crippen LogP contribution is 2.24. The second-order valence-corrected chi connectivity index (χ2v) is 4.30. The molecule has 3 N–H and O–H groups in total. The third-order valence-corrected chi connectivity index (χ3v) is 2.81. The second-order valence-electron chi connectivity index (χ2n) is 4.30. The van der Waals surface area contributed by atoms with Crippen molar-refractivity contribution in [3.05, 3.63) is 53.8 Å². The van der Waals surface area contributed by atoms with Crippen molar-refractivity contribution in [3.8, 4) is 5.75 Å². The fraction of sp³-hybridized carbons (Fsp3) is 0.133. The Balaban J connectivity index is 2.06. The number of ether oxygens (including phenoxy) is 1. The number of anilines is 2. The first-order chi connectivity index (χ1) is 9.58. The molecule has 20 heavy (non-hydrogen) atoms. The monoisotopic (exact) mass is 274 g/mol. The first-order valence-electron chi connectivity index (χ1n) is 6.06. The van der Waals surface area contributed by atoms with Crippen LogP contribution in [0.2, 0.25) is 0 Å². The van der Waals surface area contributed by atoms with Gasteiger partial charge in [0.05, 0.1) is 24.9 Å². The van der Waals surface area contributed by atoms with E-state index in [0.717, 1.165) is 5.56 Å². The Kier molecular flexibility index (Phi) is 4.20. The molecular formula is C15H15FN2O2. The van der Waals surface area contributed by atoms with Crippen molar-refractivity contribution in [2.45, 2.75) is 6.42 Å². The SMILES string of the molecule is COc1ccc(N)c(NC(=O)Cc2ccc(F)cc2)c1. The van der Waals surface area contributed by atoms with Crippen LogP contribution in [0.1, 0.15) is 5.56 Å². The number of carbonyl (C=O) groups excluding carboxylic acids is 1. The first-order valence-corrected chi connectivity index (χ1v) is 6.06. The zero-order valence-electron chi connectivity index (χ0n) is 11.0. The molecule has 0 spiro atoms. The molecule has 104 valence electrons. The number of hydrogen-bond acceptors (Lipinski definition) is 3. The van der Waals surface area contributed by atoms with Crippen LogP contribution in [-0.2, 0) is 11.2 Å². The molecule has 0 fully saturated rings. The van der Waals surface area contributed by atoms with Gasteiger partial charge in [0.15, 0.2) is 0 Å². The van der Waals surface area contributed by atoms with Crippen molar-refractivity contribution in [2.75, 3.05) is 18.2 Å². The molecule has 5 heteroatoms. The summed E-state index contributed by atoms with van der Waals surface area (Å²) in [7, 11) is 1.54. The summed E-state index contributed by atoms with van der Waals surface area (Å²) < 4.78 is 17.9. The Hall–Kier alpha value is -2.56. The van der Waals surface area contributed by atoms with Crippen LogP contribution in [0.25, 0.3) is 0 Å². The van der Waals surface area contributed by atoms with Crippen LogP contribution in [-0.4, -0.2) is 13.0 Å². The van der Waals surface area contributed by atoms with E-state index in [-0.39, 0.29) is 18.1 Å².